The summed E-state index contributed by atoms with van der Waals surface area (Å²) >= 11 is 0. The van der Waals surface area contributed by atoms with Gasteiger partial charge < -0.3 is 15.6 Å². The summed E-state index contributed by atoms with van der Waals surface area (Å²) < 4.78 is 5.95. The van der Waals surface area contributed by atoms with E-state index in [9.17, 15) is 14.7 Å². The Labute approximate surface area is 227 Å². The van der Waals surface area contributed by atoms with Gasteiger partial charge in [0.2, 0.25) is 11.6 Å². The van der Waals surface area contributed by atoms with E-state index < -0.39 is 17.3 Å². The van der Waals surface area contributed by atoms with Gasteiger partial charge in [-0.3, -0.25) is 14.6 Å². The van der Waals surface area contributed by atoms with E-state index in [1.807, 2.05) is 60.8 Å². The highest BCUT2D eigenvalue weighted by Crippen LogP contribution is 2.47. The fraction of sp³-hybridized carbons (Fsp3) is 0.333. The highest BCUT2D eigenvalue weighted by atomic mass is 16.5. The molecule has 0 aromatic heterocycles. The molecule has 1 amide bonds. The number of rotatable bonds is 10. The van der Waals surface area contributed by atoms with Crippen molar-refractivity contribution in [3.8, 4) is 5.75 Å². The lowest BCUT2D eigenvalue weighted by atomic mass is 9.67. The highest BCUT2D eigenvalue weighted by molar-refractivity contribution is 6.00. The molecule has 9 nitrogen and oxygen atoms in total. The summed E-state index contributed by atoms with van der Waals surface area (Å²) in [6.45, 7) is 0.452. The zero-order chi connectivity index (χ0) is 27.5. The average molecular weight is 529 g/mol. The van der Waals surface area contributed by atoms with Crippen LogP contribution in [0, 0.1) is 11.3 Å². The molecule has 39 heavy (non-hydrogen) atoms. The number of hydrogen-bond donors (Lipinski definition) is 3. The second-order valence-corrected chi connectivity index (χ2v) is 10.5. The summed E-state index contributed by atoms with van der Waals surface area (Å²) in [6.07, 6.45) is 8.70. The summed E-state index contributed by atoms with van der Waals surface area (Å²) in [5.74, 6) is 7.17. The number of carbonyl (C=O) groups is 2. The first-order valence-electron chi connectivity index (χ1n) is 13.3. The van der Waals surface area contributed by atoms with Crippen molar-refractivity contribution in [3.05, 3.63) is 89.5 Å². The van der Waals surface area contributed by atoms with Gasteiger partial charge in [-0.05, 0) is 62.3 Å². The van der Waals surface area contributed by atoms with E-state index in [0.29, 0.717) is 51.0 Å². The summed E-state index contributed by atoms with van der Waals surface area (Å²) in [5, 5.41) is 10.0. The first-order valence-corrected chi connectivity index (χ1v) is 13.3. The zero-order valence-corrected chi connectivity index (χ0v) is 21.8. The van der Waals surface area contributed by atoms with Gasteiger partial charge in [0.25, 0.3) is 5.84 Å². The van der Waals surface area contributed by atoms with Crippen LogP contribution < -0.4 is 16.3 Å². The van der Waals surface area contributed by atoms with Crippen molar-refractivity contribution in [1.82, 2.24) is 0 Å². The predicted molar refractivity (Wildman–Crippen MR) is 148 cm³/mol. The summed E-state index contributed by atoms with van der Waals surface area (Å²) in [4.78, 5) is 32.9. The van der Waals surface area contributed by atoms with Crippen LogP contribution in [0.4, 0.5) is 0 Å². The van der Waals surface area contributed by atoms with Crippen molar-refractivity contribution in [2.75, 3.05) is 0 Å². The lowest BCUT2D eigenvalue weighted by Crippen LogP contribution is -2.53. The van der Waals surface area contributed by atoms with E-state index in [1.54, 1.807) is 12.4 Å². The normalized spacial score (nSPS) is 25.8. The number of hydrogen-bond acceptors (Lipinski definition) is 6. The lowest BCUT2D eigenvalue weighted by molar-refractivity contribution is -0.750. The van der Waals surface area contributed by atoms with Crippen LogP contribution in [0.5, 0.6) is 5.75 Å². The SMILES string of the molecule is NC(=O)CCCC1(C(=O)O)CCC(C2=C3C=NC=C[N+]3(N)C(c3cccc(OCc4ccccc4)c3)=N2)CC1. The van der Waals surface area contributed by atoms with Crippen molar-refractivity contribution in [1.29, 1.82) is 0 Å². The monoisotopic (exact) mass is 528 g/mol. The van der Waals surface area contributed by atoms with E-state index in [4.69, 9.17) is 21.3 Å². The van der Waals surface area contributed by atoms with Crippen molar-refractivity contribution in [2.45, 2.75) is 51.6 Å². The molecule has 1 saturated carbocycles. The molecule has 5 rings (SSSR count). The molecular weight excluding hydrogens is 494 g/mol. The van der Waals surface area contributed by atoms with Gasteiger partial charge in [0, 0.05) is 12.3 Å². The Kier molecular flexibility index (Phi) is 7.45. The Balaban J connectivity index is 1.37. The molecule has 0 radical (unpaired) electrons. The zero-order valence-electron chi connectivity index (χ0n) is 21.8. The standard InChI is InChI=1S/C30H33N5O4/c31-26(36)10-5-13-30(29(37)38)14-11-22(12-15-30)27-25-19-33-16-17-35(25,32)28(34-27)23-8-4-9-24(18-23)39-20-21-6-2-1-3-7-21/h1-4,6-9,16-19,22H,5,10-15,20,32H2,(H2-,31,36,37,38)/p+1. The van der Waals surface area contributed by atoms with Crippen molar-refractivity contribution in [2.24, 2.45) is 32.9 Å². The Morgan fingerprint density at radius 1 is 1.10 bits per heavy atom. The van der Waals surface area contributed by atoms with Gasteiger partial charge in [0.1, 0.15) is 24.3 Å². The summed E-state index contributed by atoms with van der Waals surface area (Å²) in [5.41, 5.74) is 8.00. The Morgan fingerprint density at radius 3 is 2.59 bits per heavy atom. The molecule has 1 fully saturated rings. The van der Waals surface area contributed by atoms with Crippen molar-refractivity contribution in [3.63, 3.8) is 0 Å². The minimum absolute atomic E-state index is 0.0534. The fourth-order valence-corrected chi connectivity index (χ4v) is 5.79. The second kappa shape index (κ2) is 11.0. The number of amides is 1. The topological polar surface area (TPSA) is 140 Å². The molecule has 0 spiro atoms. The summed E-state index contributed by atoms with van der Waals surface area (Å²) in [7, 11) is 0. The molecule has 0 saturated heterocycles. The second-order valence-electron chi connectivity index (χ2n) is 10.5. The van der Waals surface area contributed by atoms with Gasteiger partial charge in [-0.25, -0.2) is 0 Å². The molecule has 2 aliphatic heterocycles. The number of nitrogens with two attached hydrogens (primary N) is 2. The third-order valence-corrected chi connectivity index (χ3v) is 8.02. The average Bonchev–Trinajstić information content (AvgIpc) is 3.25. The summed E-state index contributed by atoms with van der Waals surface area (Å²) in [6, 6.07) is 17.7. The van der Waals surface area contributed by atoms with Crippen LogP contribution in [0.3, 0.4) is 0 Å². The first-order chi connectivity index (χ1) is 18.8. The molecule has 5 N–H and O–H groups in total. The molecule has 1 atom stereocenters. The molecule has 2 aromatic carbocycles. The molecule has 2 heterocycles. The minimum atomic E-state index is -0.845. The number of allylic oxidation sites excluding steroid dienone is 2. The predicted octanol–water partition coefficient (Wildman–Crippen LogP) is 4.40. The lowest BCUT2D eigenvalue weighted by Gasteiger charge is -2.36. The molecule has 1 aliphatic carbocycles. The van der Waals surface area contributed by atoms with Gasteiger partial charge in [0.15, 0.2) is 0 Å². The smallest absolute Gasteiger partial charge is 0.309 e. The molecular formula is C30H34N5O4+. The molecule has 1 unspecified atom stereocenters. The maximum Gasteiger partial charge on any atom is 0.309 e. The van der Waals surface area contributed by atoms with Crippen LogP contribution in [-0.2, 0) is 16.2 Å². The number of quaternary nitrogens is 1. The number of carbonyl (C=O) groups excluding carboxylic acids is 1. The molecule has 202 valence electrons. The number of ether oxygens (including phenoxy) is 1. The molecule has 3 aliphatic rings. The van der Waals surface area contributed by atoms with Crippen LogP contribution in [0.2, 0.25) is 0 Å². The third-order valence-electron chi connectivity index (χ3n) is 8.02. The highest BCUT2D eigenvalue weighted by Gasteiger charge is 2.48. The first kappa shape index (κ1) is 26.5. The van der Waals surface area contributed by atoms with Gasteiger partial charge in [-0.1, -0.05) is 36.4 Å². The van der Waals surface area contributed by atoms with Gasteiger partial charge in [-0.2, -0.15) is 10.8 Å². The van der Waals surface area contributed by atoms with Crippen molar-refractivity contribution < 1.29 is 24.0 Å². The van der Waals surface area contributed by atoms with E-state index in [-0.39, 0.29) is 16.9 Å². The Bertz CT molecular complexity index is 1370. The van der Waals surface area contributed by atoms with Crippen LogP contribution in [0.1, 0.15) is 56.1 Å². The number of carboxylic acid groups (broad SMARTS) is 1. The number of amidine groups is 1. The van der Waals surface area contributed by atoms with E-state index >= 15 is 0 Å². The van der Waals surface area contributed by atoms with E-state index in [1.165, 1.54) is 0 Å². The number of aliphatic carboxylic acids is 1. The van der Waals surface area contributed by atoms with Crippen LogP contribution in [0.15, 0.2) is 88.4 Å². The number of primary amides is 1. The number of benzene rings is 2. The third kappa shape index (κ3) is 5.41. The number of aliphatic imine (C=N–C) groups is 2. The van der Waals surface area contributed by atoms with Gasteiger partial charge >= 0.3 is 5.97 Å². The Hall–Kier alpha value is -4.08. The maximum absolute atomic E-state index is 12.3. The number of nitrogens with zero attached hydrogens (tertiary/aromatic N) is 3. The van der Waals surface area contributed by atoms with Gasteiger partial charge in [0.05, 0.1) is 23.4 Å². The fourth-order valence-electron chi connectivity index (χ4n) is 5.79. The van der Waals surface area contributed by atoms with Crippen LogP contribution in [0.25, 0.3) is 0 Å². The van der Waals surface area contributed by atoms with Gasteiger partial charge in [-0.15, -0.1) is 4.59 Å². The van der Waals surface area contributed by atoms with Crippen molar-refractivity contribution >= 4 is 23.9 Å². The number of carboxylic acids is 1. The number of fused-ring (bicyclic) bond motifs is 1. The molecule has 9 heteroatoms. The van der Waals surface area contributed by atoms with E-state index in [2.05, 4.69) is 4.99 Å². The molecule has 2 aromatic rings. The molecule has 0 bridgehead atoms. The van der Waals surface area contributed by atoms with Crippen LogP contribution in [-0.4, -0.2) is 33.6 Å². The maximum atomic E-state index is 12.3. The largest absolute Gasteiger partial charge is 0.489 e. The minimum Gasteiger partial charge on any atom is -0.489 e. The van der Waals surface area contributed by atoms with E-state index in [0.717, 1.165) is 28.3 Å². The Morgan fingerprint density at radius 2 is 1.87 bits per heavy atom. The van der Waals surface area contributed by atoms with Crippen LogP contribution >= 0.6 is 0 Å². The quantitative estimate of drug-likeness (QED) is 0.310.